The summed E-state index contributed by atoms with van der Waals surface area (Å²) in [6.45, 7) is 8.61. The summed E-state index contributed by atoms with van der Waals surface area (Å²) < 4.78 is 119. The van der Waals surface area contributed by atoms with E-state index >= 15 is 0 Å². The van der Waals surface area contributed by atoms with Gasteiger partial charge in [-0.25, -0.2) is 9.97 Å². The van der Waals surface area contributed by atoms with Crippen LogP contribution in [-0.2, 0) is 72.7 Å². The SMILES string of the molecule is COc1ccc(C#Cc2cc(CN3CCN(Cc4cc(C#Cc5ccc(C)cc5)cc(P(C)(=O)O)n4)CCN(Cc4cc(C#Cc5ccc(OCCCNC(=O)C(CNC(=O)C(CNC(=O)CCCC(C)=O)S(=O)(=O)O)S(=O)(=O)O)cc5)cc(P(C)(=O)O)n4)CC3)cc(P(C)(=O)O)c2)cc1. The van der Waals surface area contributed by atoms with Gasteiger partial charge in [0, 0.05) is 150 Å². The van der Waals surface area contributed by atoms with Crippen molar-refractivity contribution in [2.75, 3.05) is 92.6 Å². The van der Waals surface area contributed by atoms with Gasteiger partial charge < -0.3 is 44.9 Å². The molecule has 0 spiro atoms. The van der Waals surface area contributed by atoms with Gasteiger partial charge in [-0.15, -0.1) is 0 Å². The van der Waals surface area contributed by atoms with Crippen LogP contribution in [0.2, 0.25) is 0 Å². The second-order valence-electron chi connectivity index (χ2n) is 24.2. The predicted octanol–water partition coefficient (Wildman–Crippen LogP) is 3.78. The lowest BCUT2D eigenvalue weighted by atomic mass is 10.1. The molecule has 5 atom stereocenters. The lowest BCUT2D eigenvalue weighted by Crippen LogP contribution is -2.52. The molecule has 0 bridgehead atoms. The topological polar surface area (TPSA) is 379 Å². The summed E-state index contributed by atoms with van der Waals surface area (Å²) in [6.07, 6.45) is 0.130. The summed E-state index contributed by atoms with van der Waals surface area (Å²) in [5, 5.41) is 2.00. The number of carbonyl (C=O) groups is 4. The Labute approximate surface area is 582 Å². The molecule has 2 aromatic heterocycles. The molecule has 8 N–H and O–H groups in total. The molecule has 100 heavy (non-hydrogen) atoms. The number of ether oxygens (including phenoxy) is 2. The normalized spacial score (nSPS) is 15.6. The number of nitrogens with zero attached hydrogens (tertiary/aromatic N) is 5. The number of nitrogens with one attached hydrogen (secondary N) is 3. The molecule has 532 valence electrons. The van der Waals surface area contributed by atoms with Gasteiger partial charge >= 0.3 is 0 Å². The number of hydrogen-bond acceptors (Lipinski definition) is 18. The Hall–Kier alpha value is -8.19. The van der Waals surface area contributed by atoms with Crippen LogP contribution in [0.4, 0.5) is 0 Å². The first-order valence-electron chi connectivity index (χ1n) is 31.6. The van der Waals surface area contributed by atoms with Crippen LogP contribution >= 0.6 is 22.1 Å². The van der Waals surface area contributed by atoms with Crippen molar-refractivity contribution in [1.29, 1.82) is 0 Å². The molecule has 0 saturated carbocycles. The zero-order valence-electron chi connectivity index (χ0n) is 56.1. The van der Waals surface area contributed by atoms with E-state index in [9.17, 15) is 73.5 Å². The molecule has 26 nitrogen and oxygen atoms in total. The number of Topliss-reactive ketones (excluding diaryl/α,β-unsaturated/α-hetero) is 1. The Kier molecular flexibility index (Phi) is 28.4. The number of hydrogen-bond donors (Lipinski definition) is 8. The molecule has 0 aliphatic carbocycles. The van der Waals surface area contributed by atoms with Gasteiger partial charge in [0.2, 0.25) is 39.8 Å². The number of methoxy groups -OCH3 is 1. The number of rotatable bonds is 27. The van der Waals surface area contributed by atoms with Crippen LogP contribution in [0.5, 0.6) is 11.5 Å². The summed E-state index contributed by atoms with van der Waals surface area (Å²) in [5.41, 5.74) is 6.27. The van der Waals surface area contributed by atoms with Crippen molar-refractivity contribution in [3.63, 3.8) is 0 Å². The first-order valence-corrected chi connectivity index (χ1v) is 40.9. The molecule has 31 heteroatoms. The number of pyridine rings is 2. The van der Waals surface area contributed by atoms with Gasteiger partial charge in [0.1, 0.15) is 28.2 Å². The molecule has 1 aliphatic rings. The van der Waals surface area contributed by atoms with Crippen molar-refractivity contribution in [1.82, 2.24) is 40.6 Å². The minimum Gasteiger partial charge on any atom is -0.497 e. The van der Waals surface area contributed by atoms with Gasteiger partial charge in [-0.3, -0.25) is 51.9 Å². The van der Waals surface area contributed by atoms with E-state index in [1.807, 2.05) is 60.8 Å². The summed E-state index contributed by atoms with van der Waals surface area (Å²) >= 11 is 0. The molecular weight excluding hydrogens is 1390 g/mol. The second kappa shape index (κ2) is 35.9. The Morgan fingerprint density at radius 3 is 1.39 bits per heavy atom. The number of ketones is 1. The fourth-order valence-electron chi connectivity index (χ4n) is 10.1. The van der Waals surface area contributed by atoms with E-state index < -0.39 is 83.7 Å². The number of carbonyl (C=O) groups excluding carboxylic acids is 4. The molecule has 7 rings (SSSR count). The molecule has 6 aromatic rings. The number of aromatic nitrogens is 2. The van der Waals surface area contributed by atoms with E-state index in [4.69, 9.17) is 9.47 Å². The van der Waals surface area contributed by atoms with E-state index in [-0.39, 0.29) is 73.9 Å². The molecule has 1 aliphatic heterocycles. The van der Waals surface area contributed by atoms with Crippen LogP contribution in [0.1, 0.15) is 88.5 Å². The van der Waals surface area contributed by atoms with Crippen molar-refractivity contribution in [3.05, 3.63) is 171 Å². The predicted molar refractivity (Wildman–Crippen MR) is 380 cm³/mol. The molecular formula is C69H81N8O18P3S2. The Morgan fingerprint density at radius 1 is 0.530 bits per heavy atom. The largest absolute Gasteiger partial charge is 0.497 e. The smallest absolute Gasteiger partial charge is 0.278 e. The van der Waals surface area contributed by atoms with Gasteiger partial charge in [0.15, 0.2) is 10.5 Å². The monoisotopic (exact) mass is 1470 g/mol. The van der Waals surface area contributed by atoms with Crippen LogP contribution in [0.25, 0.3) is 0 Å². The van der Waals surface area contributed by atoms with Crippen LogP contribution in [0, 0.1) is 42.4 Å². The third-order valence-corrected chi connectivity index (χ3v) is 21.1. The zero-order chi connectivity index (χ0) is 73.0. The minimum atomic E-state index is -5.18. The van der Waals surface area contributed by atoms with Crippen molar-refractivity contribution >= 4 is 82.0 Å². The zero-order valence-corrected chi connectivity index (χ0v) is 60.4. The van der Waals surface area contributed by atoms with Crippen LogP contribution in [0.3, 0.4) is 0 Å². The maximum Gasteiger partial charge on any atom is 0.278 e. The lowest BCUT2D eigenvalue weighted by molar-refractivity contribution is -0.122. The lowest BCUT2D eigenvalue weighted by Gasteiger charge is -2.26. The average Bonchev–Trinajstić information content (AvgIpc) is 0.949. The summed E-state index contributed by atoms with van der Waals surface area (Å²) in [6, 6.07) is 33.3. The van der Waals surface area contributed by atoms with Gasteiger partial charge in [0.25, 0.3) is 20.2 Å². The van der Waals surface area contributed by atoms with Crippen LogP contribution in [-0.4, -0.2) is 192 Å². The van der Waals surface area contributed by atoms with Crippen molar-refractivity contribution in [3.8, 4) is 47.0 Å². The van der Waals surface area contributed by atoms with Gasteiger partial charge in [0.05, 0.1) is 25.1 Å². The highest BCUT2D eigenvalue weighted by Crippen LogP contribution is 2.36. The van der Waals surface area contributed by atoms with E-state index in [0.717, 1.165) is 22.3 Å². The van der Waals surface area contributed by atoms with E-state index in [2.05, 4.69) is 70.8 Å². The fourth-order valence-corrected chi connectivity index (χ4v) is 13.5. The summed E-state index contributed by atoms with van der Waals surface area (Å²) in [7, 11) is -20.3. The number of amides is 3. The fraction of sp³-hybridized carbons (Fsp3) is 0.362. The van der Waals surface area contributed by atoms with Gasteiger partial charge in [-0.2, -0.15) is 16.8 Å². The molecule has 3 heterocycles. The molecule has 1 saturated heterocycles. The molecule has 4 aromatic carbocycles. The summed E-state index contributed by atoms with van der Waals surface area (Å²) in [5.74, 6) is 16.2. The van der Waals surface area contributed by atoms with Gasteiger partial charge in [-0.05, 0) is 135 Å². The van der Waals surface area contributed by atoms with E-state index in [1.165, 1.54) is 39.1 Å². The van der Waals surface area contributed by atoms with Crippen molar-refractivity contribution in [2.45, 2.75) is 69.7 Å². The molecule has 5 unspecified atom stereocenters. The third kappa shape index (κ3) is 26.4. The number of aryl methyl sites for hydroxylation is 1. The summed E-state index contributed by atoms with van der Waals surface area (Å²) in [4.78, 5) is 97.5. The van der Waals surface area contributed by atoms with Crippen molar-refractivity contribution in [2.24, 2.45) is 0 Å². The standard InChI is InChI=1S/C69H81N8O18P3S2/c1-49-11-13-51(14-12-49)16-19-55-38-58(73-66(42-55)97(5,84)85)47-76-32-30-75(46-57-37-54(40-62(41-57)96(4,82)83)18-15-52-21-25-60(94-3)26-22-52)31-33-77(35-34-76)48-59-39-56(43-67(74-59)98(6,86)87)20-17-53-23-27-61(28-24-53)95-36-8-29-70-68(80)64(100(91,92)93)45-72-69(81)63(99(88,89)90)44-71-65(79)10-7-9-50(2)78/h11-14,21-28,37-43,63-64H,7-10,29-36,44-48H2,1-6H3,(H,70,80)(H,71,79)(H,72,81)(H,82,83)(H,84,85)(H,86,87)(H,88,89,90)(H,91,92,93). The Morgan fingerprint density at radius 2 is 0.950 bits per heavy atom. The molecule has 3 amide bonds. The first kappa shape index (κ1) is 79.1. The van der Waals surface area contributed by atoms with E-state index in [1.54, 1.807) is 61.7 Å². The minimum absolute atomic E-state index is 0.00164. The highest BCUT2D eigenvalue weighted by molar-refractivity contribution is 7.87. The number of benzene rings is 4. The first-order chi connectivity index (χ1) is 47.1. The highest BCUT2D eigenvalue weighted by atomic mass is 32.2. The quantitative estimate of drug-likeness (QED) is 0.0157. The van der Waals surface area contributed by atoms with Crippen LogP contribution in [0.15, 0.2) is 115 Å². The average molecular weight is 1470 g/mol. The third-order valence-electron chi connectivity index (χ3n) is 15.5. The maximum atomic E-state index is 13.4. The van der Waals surface area contributed by atoms with Crippen LogP contribution < -0.4 is 41.6 Å². The molecule has 0 radical (unpaired) electrons. The second-order valence-corrected chi connectivity index (χ2v) is 34.1. The van der Waals surface area contributed by atoms with E-state index in [0.29, 0.717) is 91.0 Å². The maximum absolute atomic E-state index is 13.4. The Bertz CT molecular complexity index is 4530. The highest BCUT2D eigenvalue weighted by Gasteiger charge is 2.36. The van der Waals surface area contributed by atoms with Crippen molar-refractivity contribution < 1.29 is 83.0 Å². The van der Waals surface area contributed by atoms with Gasteiger partial charge in [-0.1, -0.05) is 53.2 Å². The molecule has 1 fully saturated rings. The Balaban J connectivity index is 1.05.